The number of allylic oxidation sites excluding steroid dienone is 3. The molecule has 0 fully saturated rings. The van der Waals surface area contributed by atoms with Gasteiger partial charge in [-0.2, -0.15) is 0 Å². The van der Waals surface area contributed by atoms with Gasteiger partial charge in [-0.25, -0.2) is 0 Å². The fourth-order valence-corrected chi connectivity index (χ4v) is 1.86. The second-order valence-electron chi connectivity index (χ2n) is 4.48. The molecule has 3 N–H and O–H groups in total. The second kappa shape index (κ2) is 8.50. The zero-order chi connectivity index (χ0) is 14.1. The number of amides is 2. The van der Waals surface area contributed by atoms with Crippen LogP contribution in [0.4, 0.5) is 0 Å². The lowest BCUT2D eigenvalue weighted by Gasteiger charge is -2.23. The Morgan fingerprint density at radius 2 is 2.00 bits per heavy atom. The van der Waals surface area contributed by atoms with E-state index in [4.69, 9.17) is 5.73 Å². The number of hydrogen-bond donors (Lipinski definition) is 2. The summed E-state index contributed by atoms with van der Waals surface area (Å²) in [6.07, 6.45) is 4.68. The number of primary amides is 1. The predicted octanol–water partition coefficient (Wildman–Crippen LogP) is 1.77. The highest BCUT2D eigenvalue weighted by atomic mass is 16.2. The first-order valence-corrected chi connectivity index (χ1v) is 6.26. The molecule has 0 radical (unpaired) electrons. The molecule has 2 amide bonds. The van der Waals surface area contributed by atoms with E-state index in [-0.39, 0.29) is 5.91 Å². The van der Waals surface area contributed by atoms with Gasteiger partial charge in [0.05, 0.1) is 11.8 Å². The molecule has 0 saturated carbocycles. The summed E-state index contributed by atoms with van der Waals surface area (Å²) in [6, 6.07) is 0. The lowest BCUT2D eigenvalue weighted by molar-refractivity contribution is -0.133. The summed E-state index contributed by atoms with van der Waals surface area (Å²) in [7, 11) is 0. The molecule has 0 aliphatic rings. The first-order valence-electron chi connectivity index (χ1n) is 6.26. The van der Waals surface area contributed by atoms with Crippen LogP contribution < -0.4 is 11.1 Å². The third-order valence-corrected chi connectivity index (χ3v) is 2.73. The summed E-state index contributed by atoms with van der Waals surface area (Å²) in [5, 5.41) is 2.75. The smallest absolute Gasteiger partial charge is 0.224 e. The van der Waals surface area contributed by atoms with Crippen molar-refractivity contribution >= 4 is 11.8 Å². The third kappa shape index (κ3) is 5.66. The molecule has 4 nitrogen and oxygen atoms in total. The average Bonchev–Trinajstić information content (AvgIpc) is 2.27. The van der Waals surface area contributed by atoms with E-state index >= 15 is 0 Å². The molecule has 0 aliphatic heterocycles. The molecule has 0 aromatic carbocycles. The van der Waals surface area contributed by atoms with Crippen LogP contribution in [-0.2, 0) is 9.59 Å². The van der Waals surface area contributed by atoms with Gasteiger partial charge in [-0.05, 0) is 33.6 Å². The van der Waals surface area contributed by atoms with Crippen LogP contribution in [0.2, 0.25) is 0 Å². The van der Waals surface area contributed by atoms with Crippen LogP contribution in [0.25, 0.3) is 0 Å². The fraction of sp³-hybridized carbons (Fsp3) is 0.571. The Labute approximate surface area is 109 Å². The maximum atomic E-state index is 12.0. The van der Waals surface area contributed by atoms with Gasteiger partial charge in [-0.1, -0.05) is 17.7 Å². The van der Waals surface area contributed by atoms with Gasteiger partial charge in [0.2, 0.25) is 11.8 Å². The predicted molar refractivity (Wildman–Crippen MR) is 73.7 cm³/mol. The highest BCUT2D eigenvalue weighted by Crippen LogP contribution is 2.23. The van der Waals surface area contributed by atoms with E-state index in [0.717, 1.165) is 5.57 Å². The summed E-state index contributed by atoms with van der Waals surface area (Å²) in [5.74, 6) is -1.49. The Balaban J connectivity index is 5.01. The molecule has 0 bridgehead atoms. The van der Waals surface area contributed by atoms with E-state index < -0.39 is 17.7 Å². The number of nitrogens with two attached hydrogens (primary N) is 1. The lowest BCUT2D eigenvalue weighted by atomic mass is 9.83. The molecule has 0 aliphatic carbocycles. The maximum Gasteiger partial charge on any atom is 0.224 e. The van der Waals surface area contributed by atoms with Crippen LogP contribution in [0.3, 0.4) is 0 Å². The standard InChI is InChI=1S/C14H24N2O2/c1-5-7-8-11(13(15)17)12(9-10(3)4)14(18)16-6-2/h5,7,11-12H,3,6,8-9H2,1-2,4H3,(H2,15,17)(H,16,18)/b7-5+/t11-,12+/m0/s1. The molecule has 18 heavy (non-hydrogen) atoms. The van der Waals surface area contributed by atoms with Gasteiger partial charge in [0, 0.05) is 6.54 Å². The van der Waals surface area contributed by atoms with Crippen molar-refractivity contribution in [3.63, 3.8) is 0 Å². The van der Waals surface area contributed by atoms with Crippen molar-refractivity contribution in [3.05, 3.63) is 24.3 Å². The van der Waals surface area contributed by atoms with Gasteiger partial charge in [0.25, 0.3) is 0 Å². The van der Waals surface area contributed by atoms with Crippen LogP contribution in [0, 0.1) is 11.8 Å². The van der Waals surface area contributed by atoms with Crippen molar-refractivity contribution in [2.45, 2.75) is 33.6 Å². The first-order chi connectivity index (χ1) is 8.43. The molecule has 0 spiro atoms. The van der Waals surface area contributed by atoms with E-state index in [1.807, 2.05) is 32.9 Å². The van der Waals surface area contributed by atoms with Crippen LogP contribution >= 0.6 is 0 Å². The summed E-state index contributed by atoms with van der Waals surface area (Å²) < 4.78 is 0. The molecule has 0 aromatic heterocycles. The minimum absolute atomic E-state index is 0.131. The molecule has 0 heterocycles. The Morgan fingerprint density at radius 1 is 1.39 bits per heavy atom. The number of carbonyl (C=O) groups excluding carboxylic acids is 2. The minimum Gasteiger partial charge on any atom is -0.369 e. The highest BCUT2D eigenvalue weighted by molar-refractivity contribution is 5.87. The normalized spacial score (nSPS) is 14.2. The van der Waals surface area contributed by atoms with Crippen molar-refractivity contribution in [3.8, 4) is 0 Å². The molecule has 2 atom stereocenters. The number of hydrogen-bond acceptors (Lipinski definition) is 2. The van der Waals surface area contributed by atoms with Gasteiger partial charge in [0.15, 0.2) is 0 Å². The van der Waals surface area contributed by atoms with E-state index in [1.165, 1.54) is 0 Å². The Bertz CT molecular complexity index is 335. The largest absolute Gasteiger partial charge is 0.369 e. The van der Waals surface area contributed by atoms with Crippen LogP contribution in [0.15, 0.2) is 24.3 Å². The topological polar surface area (TPSA) is 72.2 Å². The quantitative estimate of drug-likeness (QED) is 0.646. The number of nitrogens with one attached hydrogen (secondary N) is 1. The summed E-state index contributed by atoms with van der Waals surface area (Å²) in [5.41, 5.74) is 6.28. The van der Waals surface area contributed by atoms with Crippen molar-refractivity contribution in [1.29, 1.82) is 0 Å². The molecule has 0 saturated heterocycles. The number of carbonyl (C=O) groups is 2. The van der Waals surface area contributed by atoms with Crippen molar-refractivity contribution in [1.82, 2.24) is 5.32 Å². The van der Waals surface area contributed by atoms with Crippen LogP contribution in [-0.4, -0.2) is 18.4 Å². The molecular formula is C14H24N2O2. The zero-order valence-electron chi connectivity index (χ0n) is 11.5. The summed E-state index contributed by atoms with van der Waals surface area (Å²) in [4.78, 5) is 23.5. The van der Waals surface area contributed by atoms with Gasteiger partial charge >= 0.3 is 0 Å². The van der Waals surface area contributed by atoms with Crippen molar-refractivity contribution in [2.75, 3.05) is 6.54 Å². The van der Waals surface area contributed by atoms with E-state index in [2.05, 4.69) is 11.9 Å². The molecule has 0 unspecified atom stereocenters. The van der Waals surface area contributed by atoms with E-state index in [0.29, 0.717) is 19.4 Å². The molecule has 0 rings (SSSR count). The van der Waals surface area contributed by atoms with E-state index in [9.17, 15) is 9.59 Å². The Morgan fingerprint density at radius 3 is 2.39 bits per heavy atom. The maximum absolute atomic E-state index is 12.0. The van der Waals surface area contributed by atoms with Crippen LogP contribution in [0.5, 0.6) is 0 Å². The van der Waals surface area contributed by atoms with Gasteiger partial charge in [-0.3, -0.25) is 9.59 Å². The Kier molecular flexibility index (Phi) is 7.76. The average molecular weight is 252 g/mol. The minimum atomic E-state index is -0.482. The Hall–Kier alpha value is -1.58. The summed E-state index contributed by atoms with van der Waals surface area (Å²) in [6.45, 7) is 9.92. The monoisotopic (exact) mass is 252 g/mol. The second-order valence-corrected chi connectivity index (χ2v) is 4.48. The first kappa shape index (κ1) is 16.4. The molecular weight excluding hydrogens is 228 g/mol. The van der Waals surface area contributed by atoms with Gasteiger partial charge < -0.3 is 11.1 Å². The van der Waals surface area contributed by atoms with Crippen molar-refractivity contribution in [2.24, 2.45) is 17.6 Å². The van der Waals surface area contributed by atoms with Gasteiger partial charge in [0.1, 0.15) is 0 Å². The zero-order valence-corrected chi connectivity index (χ0v) is 11.5. The highest BCUT2D eigenvalue weighted by Gasteiger charge is 2.31. The van der Waals surface area contributed by atoms with Crippen molar-refractivity contribution < 1.29 is 9.59 Å². The van der Waals surface area contributed by atoms with E-state index in [1.54, 1.807) is 0 Å². The fourth-order valence-electron chi connectivity index (χ4n) is 1.86. The third-order valence-electron chi connectivity index (χ3n) is 2.73. The summed E-state index contributed by atoms with van der Waals surface area (Å²) >= 11 is 0. The molecule has 4 heteroatoms. The van der Waals surface area contributed by atoms with Gasteiger partial charge in [-0.15, -0.1) is 6.58 Å². The van der Waals surface area contributed by atoms with Crippen LogP contribution in [0.1, 0.15) is 33.6 Å². The molecule has 102 valence electrons. The SMILES string of the molecule is C=C(C)C[C@@H](C(=O)NCC)[C@H](C/C=C/C)C(N)=O. The number of rotatable bonds is 8. The molecule has 0 aromatic rings. The lowest BCUT2D eigenvalue weighted by Crippen LogP contribution is -2.40.